The van der Waals surface area contributed by atoms with Crippen LogP contribution >= 0.6 is 0 Å². The number of carbonyl (C=O) groups is 2. The molecule has 0 aliphatic carbocycles. The molecule has 140 valence electrons. The summed E-state index contributed by atoms with van der Waals surface area (Å²) >= 11 is 0. The van der Waals surface area contributed by atoms with Crippen molar-refractivity contribution in [2.75, 3.05) is 19.8 Å². The number of unbranched alkanes of at least 4 members (excludes halogenated alkanes) is 7. The minimum absolute atomic E-state index is 0.274. The van der Waals surface area contributed by atoms with Gasteiger partial charge in [0.15, 0.2) is 0 Å². The zero-order valence-corrected chi connectivity index (χ0v) is 15.6. The molecule has 0 radical (unpaired) electrons. The van der Waals surface area contributed by atoms with Crippen molar-refractivity contribution < 1.29 is 19.1 Å². The molecule has 0 N–H and O–H groups in total. The lowest BCUT2D eigenvalue weighted by molar-refractivity contribution is -0.148. The van der Waals surface area contributed by atoms with Crippen LogP contribution in [-0.2, 0) is 14.3 Å². The number of hydrogen-bond donors (Lipinski definition) is 0. The Labute approximate surface area is 147 Å². The molecule has 5 nitrogen and oxygen atoms in total. The van der Waals surface area contributed by atoms with Crippen LogP contribution in [0, 0.1) is 0 Å². The quantitative estimate of drug-likeness (QED) is 0.382. The minimum atomic E-state index is -0.455. The van der Waals surface area contributed by atoms with Gasteiger partial charge in [0, 0.05) is 6.54 Å². The van der Waals surface area contributed by atoms with Gasteiger partial charge in [0.2, 0.25) is 0 Å². The van der Waals surface area contributed by atoms with Crippen LogP contribution in [0.1, 0.15) is 84.5 Å². The van der Waals surface area contributed by atoms with Gasteiger partial charge in [-0.15, -0.1) is 0 Å². The average Bonchev–Trinajstić information content (AvgIpc) is 3.08. The Bertz CT molecular complexity index is 359. The van der Waals surface area contributed by atoms with Gasteiger partial charge in [-0.1, -0.05) is 58.8 Å². The maximum absolute atomic E-state index is 12.2. The first kappa shape index (κ1) is 20.8. The fourth-order valence-electron chi connectivity index (χ4n) is 3.01. The number of ether oxygens (including phenoxy) is 2. The van der Waals surface area contributed by atoms with E-state index in [-0.39, 0.29) is 12.1 Å². The Balaban J connectivity index is 2.12. The van der Waals surface area contributed by atoms with E-state index >= 15 is 0 Å². The monoisotopic (exact) mass is 341 g/mol. The highest BCUT2D eigenvalue weighted by Gasteiger charge is 2.36. The number of rotatable bonds is 12. The largest absolute Gasteiger partial charge is 0.464 e. The number of amides is 1. The van der Waals surface area contributed by atoms with Gasteiger partial charge >= 0.3 is 12.1 Å². The van der Waals surface area contributed by atoms with Crippen LogP contribution < -0.4 is 0 Å². The fraction of sp³-hybridized carbons (Fsp3) is 0.895. The predicted octanol–water partition coefficient (Wildman–Crippen LogP) is 4.68. The third kappa shape index (κ3) is 8.02. The molecule has 0 aromatic heterocycles. The van der Waals surface area contributed by atoms with Crippen LogP contribution in [0.4, 0.5) is 4.79 Å². The van der Waals surface area contributed by atoms with E-state index in [1.165, 1.54) is 43.4 Å². The molecule has 1 saturated heterocycles. The summed E-state index contributed by atoms with van der Waals surface area (Å²) in [5.41, 5.74) is 0. The lowest BCUT2D eigenvalue weighted by atomic mass is 10.1. The summed E-state index contributed by atoms with van der Waals surface area (Å²) in [7, 11) is 0. The number of hydrogen-bond acceptors (Lipinski definition) is 4. The van der Waals surface area contributed by atoms with E-state index < -0.39 is 6.04 Å². The van der Waals surface area contributed by atoms with Gasteiger partial charge in [-0.2, -0.15) is 0 Å². The molecule has 0 bridgehead atoms. The highest BCUT2D eigenvalue weighted by molar-refractivity contribution is 5.82. The number of esters is 1. The van der Waals surface area contributed by atoms with Crippen molar-refractivity contribution in [2.24, 2.45) is 0 Å². The molecule has 5 heteroatoms. The Kier molecular flexibility index (Phi) is 11.3. The molecule has 1 rings (SSSR count). The van der Waals surface area contributed by atoms with Crippen molar-refractivity contribution in [3.8, 4) is 0 Å². The number of carbonyl (C=O) groups excluding carboxylic acids is 2. The van der Waals surface area contributed by atoms with Crippen LogP contribution in [0.25, 0.3) is 0 Å². The van der Waals surface area contributed by atoms with Crippen LogP contribution in [0.15, 0.2) is 0 Å². The summed E-state index contributed by atoms with van der Waals surface area (Å²) in [6, 6.07) is -0.455. The Morgan fingerprint density at radius 2 is 1.54 bits per heavy atom. The Hall–Kier alpha value is -1.26. The SMILES string of the molecule is CCCCCCCCCCOC(=O)[C@@H]1CCCN1C(=O)OCCC. The number of likely N-dealkylation sites (tertiary alicyclic amines) is 1. The molecular weight excluding hydrogens is 306 g/mol. The first-order chi connectivity index (χ1) is 11.7. The molecule has 1 fully saturated rings. The molecule has 1 aliphatic rings. The highest BCUT2D eigenvalue weighted by Crippen LogP contribution is 2.20. The molecule has 0 spiro atoms. The van der Waals surface area contributed by atoms with E-state index in [1.807, 2.05) is 6.92 Å². The summed E-state index contributed by atoms with van der Waals surface area (Å²) in [5, 5.41) is 0. The van der Waals surface area contributed by atoms with Crippen molar-refractivity contribution in [1.29, 1.82) is 0 Å². The zero-order valence-electron chi connectivity index (χ0n) is 15.6. The summed E-state index contributed by atoms with van der Waals surface area (Å²) in [6.07, 6.45) is 11.6. The minimum Gasteiger partial charge on any atom is -0.464 e. The van der Waals surface area contributed by atoms with E-state index in [0.29, 0.717) is 26.2 Å². The molecule has 1 atom stereocenters. The lowest BCUT2D eigenvalue weighted by Crippen LogP contribution is -2.41. The Morgan fingerprint density at radius 1 is 0.875 bits per heavy atom. The third-order valence-corrected chi connectivity index (χ3v) is 4.43. The van der Waals surface area contributed by atoms with Gasteiger partial charge in [-0.25, -0.2) is 9.59 Å². The molecule has 1 heterocycles. The second kappa shape index (κ2) is 13.1. The summed E-state index contributed by atoms with van der Waals surface area (Å²) in [4.78, 5) is 25.6. The number of nitrogens with zero attached hydrogens (tertiary/aromatic N) is 1. The van der Waals surface area contributed by atoms with E-state index in [9.17, 15) is 9.59 Å². The molecular formula is C19H35NO4. The van der Waals surface area contributed by atoms with Gasteiger partial charge < -0.3 is 9.47 Å². The van der Waals surface area contributed by atoms with Crippen LogP contribution in [0.2, 0.25) is 0 Å². The predicted molar refractivity (Wildman–Crippen MR) is 94.9 cm³/mol. The van der Waals surface area contributed by atoms with E-state index in [4.69, 9.17) is 9.47 Å². The van der Waals surface area contributed by atoms with E-state index in [2.05, 4.69) is 6.92 Å². The standard InChI is InChI=1S/C19H35NO4/c1-3-5-6-7-8-9-10-11-16-23-18(21)17-13-12-14-20(17)19(22)24-15-4-2/h17H,3-16H2,1-2H3/t17-/m0/s1. The summed E-state index contributed by atoms with van der Waals surface area (Å²) < 4.78 is 10.5. The lowest BCUT2D eigenvalue weighted by Gasteiger charge is -2.22. The molecule has 0 aromatic carbocycles. The second-order valence-electron chi connectivity index (χ2n) is 6.61. The topological polar surface area (TPSA) is 55.8 Å². The van der Waals surface area contributed by atoms with Crippen molar-refractivity contribution in [1.82, 2.24) is 4.90 Å². The zero-order chi connectivity index (χ0) is 17.6. The van der Waals surface area contributed by atoms with Crippen LogP contribution in [0.3, 0.4) is 0 Å². The average molecular weight is 341 g/mol. The van der Waals surface area contributed by atoms with E-state index in [1.54, 1.807) is 0 Å². The van der Waals surface area contributed by atoms with Gasteiger partial charge in [0.05, 0.1) is 13.2 Å². The molecule has 1 amide bonds. The summed E-state index contributed by atoms with van der Waals surface area (Å²) in [5.74, 6) is -0.274. The van der Waals surface area contributed by atoms with Crippen LogP contribution in [0.5, 0.6) is 0 Å². The van der Waals surface area contributed by atoms with Crippen molar-refractivity contribution in [3.05, 3.63) is 0 Å². The van der Waals surface area contributed by atoms with Gasteiger partial charge in [0.1, 0.15) is 6.04 Å². The van der Waals surface area contributed by atoms with Crippen molar-refractivity contribution in [3.63, 3.8) is 0 Å². The second-order valence-corrected chi connectivity index (χ2v) is 6.61. The normalized spacial score (nSPS) is 17.1. The van der Waals surface area contributed by atoms with Crippen molar-refractivity contribution >= 4 is 12.1 Å². The highest BCUT2D eigenvalue weighted by atomic mass is 16.6. The molecule has 1 aliphatic heterocycles. The van der Waals surface area contributed by atoms with Gasteiger partial charge in [0.25, 0.3) is 0 Å². The molecule has 0 aromatic rings. The molecule has 24 heavy (non-hydrogen) atoms. The molecule has 0 saturated carbocycles. The van der Waals surface area contributed by atoms with Crippen molar-refractivity contribution in [2.45, 2.75) is 90.5 Å². The first-order valence-electron chi connectivity index (χ1n) is 9.80. The van der Waals surface area contributed by atoms with E-state index in [0.717, 1.165) is 25.7 Å². The van der Waals surface area contributed by atoms with Gasteiger partial charge in [-0.3, -0.25) is 4.90 Å². The van der Waals surface area contributed by atoms with Gasteiger partial charge in [-0.05, 0) is 25.7 Å². The Morgan fingerprint density at radius 3 is 2.21 bits per heavy atom. The third-order valence-electron chi connectivity index (χ3n) is 4.43. The van der Waals surface area contributed by atoms with Crippen LogP contribution in [-0.4, -0.2) is 42.8 Å². The smallest absolute Gasteiger partial charge is 0.410 e. The fourth-order valence-corrected chi connectivity index (χ4v) is 3.01. The maximum atomic E-state index is 12.2. The summed E-state index contributed by atoms with van der Waals surface area (Å²) in [6.45, 7) is 5.62. The molecule has 0 unspecified atom stereocenters. The first-order valence-corrected chi connectivity index (χ1v) is 9.80. The maximum Gasteiger partial charge on any atom is 0.410 e.